The normalized spacial score (nSPS) is 12.4. The molecule has 1 atom stereocenters. The van der Waals surface area contributed by atoms with Crippen LogP contribution in [0, 0.1) is 6.92 Å². The van der Waals surface area contributed by atoms with Crippen LogP contribution in [0.15, 0.2) is 46.6 Å². The summed E-state index contributed by atoms with van der Waals surface area (Å²) < 4.78 is 0.786. The largest absolute Gasteiger partial charge is 0.371 e. The van der Waals surface area contributed by atoms with Crippen molar-refractivity contribution in [2.45, 2.75) is 26.3 Å². The summed E-state index contributed by atoms with van der Waals surface area (Å²) in [7, 11) is 0. The van der Waals surface area contributed by atoms with Crippen molar-refractivity contribution in [3.05, 3.63) is 63.1 Å². The first kappa shape index (κ1) is 16.7. The summed E-state index contributed by atoms with van der Waals surface area (Å²) in [6.45, 7) is 6.08. The number of rotatable bonds is 7. The Balaban J connectivity index is 1.46. The van der Waals surface area contributed by atoms with E-state index >= 15 is 0 Å². The third kappa shape index (κ3) is 3.86. The van der Waals surface area contributed by atoms with E-state index in [1.165, 1.54) is 22.5 Å². The Kier molecular flexibility index (Phi) is 5.33. The number of pyridine rings is 1. The van der Waals surface area contributed by atoms with Crippen LogP contribution in [0.25, 0.3) is 10.2 Å². The maximum Gasteiger partial charge on any atom is 0.201 e. The van der Waals surface area contributed by atoms with Crippen molar-refractivity contribution in [2.75, 3.05) is 18.4 Å². The second-order valence-corrected chi connectivity index (χ2v) is 6.94. The van der Waals surface area contributed by atoms with Crippen LogP contribution in [0.2, 0.25) is 0 Å². The van der Waals surface area contributed by atoms with Crippen LogP contribution >= 0.6 is 11.3 Å². The van der Waals surface area contributed by atoms with E-state index in [-0.39, 0.29) is 5.43 Å². The molecule has 4 nitrogen and oxygen atoms in total. The van der Waals surface area contributed by atoms with Crippen LogP contribution in [0.1, 0.15) is 30.5 Å². The molecule has 3 N–H and O–H groups in total. The maximum absolute atomic E-state index is 12.0. The van der Waals surface area contributed by atoms with E-state index in [9.17, 15) is 4.79 Å². The van der Waals surface area contributed by atoms with Crippen molar-refractivity contribution < 1.29 is 0 Å². The zero-order valence-electron chi connectivity index (χ0n) is 14.1. The molecule has 5 heteroatoms. The number of thiophene rings is 1. The van der Waals surface area contributed by atoms with Gasteiger partial charge in [-0.2, -0.15) is 0 Å². The number of H-pyrrole nitrogens is 1. The minimum absolute atomic E-state index is 0.0764. The predicted octanol–water partition coefficient (Wildman–Crippen LogP) is 4.05. The highest BCUT2D eigenvalue weighted by atomic mass is 32.1. The van der Waals surface area contributed by atoms with E-state index in [4.69, 9.17) is 0 Å². The Labute approximate surface area is 145 Å². The summed E-state index contributed by atoms with van der Waals surface area (Å²) in [5.41, 5.74) is 3.64. The van der Waals surface area contributed by atoms with Gasteiger partial charge in [-0.15, -0.1) is 11.3 Å². The fraction of sp³-hybridized carbons (Fsp3) is 0.316. The van der Waals surface area contributed by atoms with Crippen molar-refractivity contribution >= 4 is 27.4 Å². The first-order valence-corrected chi connectivity index (χ1v) is 9.16. The number of fused-ring (bicyclic) bond motifs is 1. The molecule has 3 aromatic rings. The third-order valence-corrected chi connectivity index (χ3v) is 5.14. The van der Waals surface area contributed by atoms with E-state index < -0.39 is 0 Å². The Morgan fingerprint density at radius 3 is 2.88 bits per heavy atom. The fourth-order valence-corrected chi connectivity index (χ4v) is 3.65. The molecule has 3 rings (SSSR count). The number of benzene rings is 1. The molecule has 1 aromatic carbocycles. The molecular formula is C19H23N3OS. The van der Waals surface area contributed by atoms with Crippen LogP contribution in [-0.4, -0.2) is 18.1 Å². The van der Waals surface area contributed by atoms with E-state index in [0.717, 1.165) is 35.5 Å². The van der Waals surface area contributed by atoms with Gasteiger partial charge in [0.25, 0.3) is 0 Å². The minimum atomic E-state index is 0.0764. The summed E-state index contributed by atoms with van der Waals surface area (Å²) in [6, 6.07) is 12.4. The molecule has 0 aliphatic rings. The number of hydrogen-bond donors (Lipinski definition) is 3. The van der Waals surface area contributed by atoms with Crippen molar-refractivity contribution in [1.82, 2.24) is 10.3 Å². The van der Waals surface area contributed by atoms with Gasteiger partial charge in [0.1, 0.15) is 5.82 Å². The molecule has 0 aliphatic carbocycles. The molecule has 2 aromatic heterocycles. The maximum atomic E-state index is 12.0. The summed E-state index contributed by atoms with van der Waals surface area (Å²) >= 11 is 1.48. The number of hydrogen-bond acceptors (Lipinski definition) is 4. The molecule has 0 spiro atoms. The Hall–Kier alpha value is -2.11. The van der Waals surface area contributed by atoms with Gasteiger partial charge in [-0.3, -0.25) is 4.79 Å². The quantitative estimate of drug-likeness (QED) is 0.568. The van der Waals surface area contributed by atoms with Gasteiger partial charge in [-0.1, -0.05) is 24.3 Å². The molecule has 2 heterocycles. The second-order valence-electron chi connectivity index (χ2n) is 6.02. The summed E-state index contributed by atoms with van der Waals surface area (Å²) in [5, 5.41) is 8.79. The van der Waals surface area contributed by atoms with Gasteiger partial charge in [0.15, 0.2) is 0 Å². The smallest absolute Gasteiger partial charge is 0.201 e. The summed E-state index contributed by atoms with van der Waals surface area (Å²) in [4.78, 5) is 15.2. The van der Waals surface area contributed by atoms with Gasteiger partial charge in [-0.05, 0) is 49.4 Å². The van der Waals surface area contributed by atoms with E-state index in [1.807, 2.05) is 11.4 Å². The molecule has 1 unspecified atom stereocenters. The van der Waals surface area contributed by atoms with E-state index in [0.29, 0.717) is 6.04 Å². The zero-order valence-corrected chi connectivity index (χ0v) is 14.9. The van der Waals surface area contributed by atoms with Crippen LogP contribution in [0.5, 0.6) is 0 Å². The van der Waals surface area contributed by atoms with Crippen LogP contribution in [-0.2, 0) is 0 Å². The lowest BCUT2D eigenvalue weighted by atomic mass is 10.0. The highest BCUT2D eigenvalue weighted by molar-refractivity contribution is 7.17. The third-order valence-electron chi connectivity index (χ3n) is 4.21. The molecule has 0 bridgehead atoms. The van der Waals surface area contributed by atoms with Crippen LogP contribution in [0.4, 0.5) is 5.82 Å². The zero-order chi connectivity index (χ0) is 16.9. The monoisotopic (exact) mass is 341 g/mol. The Morgan fingerprint density at radius 2 is 2.04 bits per heavy atom. The number of aryl methyl sites for hydroxylation is 1. The standard InChI is InChI=1S/C19H23N3OS/c1-13-6-3-4-7-15(13)14(2)20-9-5-10-21-18-12-17(23)19-16(22-18)8-11-24-19/h3-4,6-8,11-12,14,20H,5,9-10H2,1-2H3,(H2,21,22,23). The molecule has 24 heavy (non-hydrogen) atoms. The predicted molar refractivity (Wildman–Crippen MR) is 103 cm³/mol. The van der Waals surface area contributed by atoms with Crippen molar-refractivity contribution in [2.24, 2.45) is 0 Å². The van der Waals surface area contributed by atoms with Gasteiger partial charge in [0.2, 0.25) is 5.43 Å². The molecule has 126 valence electrons. The van der Waals surface area contributed by atoms with Crippen molar-refractivity contribution in [3.8, 4) is 0 Å². The molecule has 0 aliphatic heterocycles. The molecule has 0 fully saturated rings. The molecule has 0 radical (unpaired) electrons. The average molecular weight is 341 g/mol. The Morgan fingerprint density at radius 1 is 1.21 bits per heavy atom. The molecular weight excluding hydrogens is 318 g/mol. The molecule has 0 saturated carbocycles. The fourth-order valence-electron chi connectivity index (χ4n) is 2.88. The molecule has 0 amide bonds. The summed E-state index contributed by atoms with van der Waals surface area (Å²) in [5.74, 6) is 0.790. The number of aromatic amines is 1. The van der Waals surface area contributed by atoms with E-state index in [1.54, 1.807) is 6.07 Å². The first-order valence-electron chi connectivity index (χ1n) is 8.28. The Bertz CT molecular complexity index is 868. The number of anilines is 1. The van der Waals surface area contributed by atoms with Gasteiger partial charge < -0.3 is 15.6 Å². The van der Waals surface area contributed by atoms with Crippen molar-refractivity contribution in [3.63, 3.8) is 0 Å². The van der Waals surface area contributed by atoms with Crippen molar-refractivity contribution in [1.29, 1.82) is 0 Å². The minimum Gasteiger partial charge on any atom is -0.371 e. The van der Waals surface area contributed by atoms with Gasteiger partial charge in [-0.25, -0.2) is 0 Å². The summed E-state index contributed by atoms with van der Waals surface area (Å²) in [6.07, 6.45) is 0.986. The lowest BCUT2D eigenvalue weighted by Gasteiger charge is -2.16. The van der Waals surface area contributed by atoms with Gasteiger partial charge in [0.05, 0.1) is 10.2 Å². The van der Waals surface area contributed by atoms with Gasteiger partial charge in [0, 0.05) is 18.7 Å². The highest BCUT2D eigenvalue weighted by Gasteiger charge is 2.06. The lowest BCUT2D eigenvalue weighted by molar-refractivity contribution is 0.563. The van der Waals surface area contributed by atoms with Gasteiger partial charge >= 0.3 is 0 Å². The topological polar surface area (TPSA) is 56.9 Å². The average Bonchev–Trinajstić information content (AvgIpc) is 3.04. The van der Waals surface area contributed by atoms with Crippen LogP contribution < -0.4 is 16.1 Å². The second kappa shape index (κ2) is 7.64. The first-order chi connectivity index (χ1) is 11.6. The lowest BCUT2D eigenvalue weighted by Crippen LogP contribution is -2.22. The van der Waals surface area contributed by atoms with Crippen LogP contribution in [0.3, 0.4) is 0 Å². The molecule has 0 saturated heterocycles. The highest BCUT2D eigenvalue weighted by Crippen LogP contribution is 2.17. The SMILES string of the molecule is Cc1ccccc1C(C)NCCCNc1cc(=O)c2sccc2[nH]1. The number of aromatic nitrogens is 1. The number of nitrogens with one attached hydrogen (secondary N) is 3. The van der Waals surface area contributed by atoms with E-state index in [2.05, 4.69) is 53.7 Å².